The van der Waals surface area contributed by atoms with E-state index in [-0.39, 0.29) is 29.5 Å². The Morgan fingerprint density at radius 3 is 2.10 bits per heavy atom. The summed E-state index contributed by atoms with van der Waals surface area (Å²) in [5.74, 6) is 2.04. The molecule has 0 heterocycles. The standard InChI is InChI=1S/C28H35F9O3S/c1-23-10-8-17-16-18(38-14-15-41)4-5-19(17)20(23)9-11-24(2)21(23)6-7-22(24)39-12-3-13-40-25(26(29,30)31,27(32,33)34)28(35,36)37/h4-5,16,20-22,41H,3,6-15H2,1-2H3/t20-,21+,22+,23-,24+/m1/s1. The third kappa shape index (κ3) is 5.56. The van der Waals surface area contributed by atoms with E-state index < -0.39 is 37.2 Å². The van der Waals surface area contributed by atoms with E-state index in [1.807, 2.05) is 6.07 Å². The van der Waals surface area contributed by atoms with Gasteiger partial charge in [-0.25, -0.2) is 0 Å². The highest BCUT2D eigenvalue weighted by atomic mass is 32.1. The summed E-state index contributed by atoms with van der Waals surface area (Å²) in [7, 11) is 0. The Morgan fingerprint density at radius 1 is 0.829 bits per heavy atom. The number of hydrogen-bond acceptors (Lipinski definition) is 4. The van der Waals surface area contributed by atoms with E-state index in [1.165, 1.54) is 11.1 Å². The molecule has 0 N–H and O–H groups in total. The number of hydrogen-bond donors (Lipinski definition) is 1. The molecule has 13 heteroatoms. The number of thiol groups is 1. The van der Waals surface area contributed by atoms with Gasteiger partial charge in [-0.2, -0.15) is 52.1 Å². The van der Waals surface area contributed by atoms with Crippen LogP contribution >= 0.6 is 12.6 Å². The Balaban J connectivity index is 1.39. The fourth-order valence-corrected chi connectivity index (χ4v) is 7.91. The van der Waals surface area contributed by atoms with E-state index in [2.05, 4.69) is 43.3 Å². The summed E-state index contributed by atoms with van der Waals surface area (Å²) >= 11 is 4.18. The number of fused-ring (bicyclic) bond motifs is 5. The average Bonchev–Trinajstić information content (AvgIpc) is 3.19. The van der Waals surface area contributed by atoms with Gasteiger partial charge in [-0.05, 0) is 90.9 Å². The summed E-state index contributed by atoms with van der Waals surface area (Å²) in [4.78, 5) is 0. The minimum Gasteiger partial charge on any atom is -0.493 e. The predicted molar refractivity (Wildman–Crippen MR) is 136 cm³/mol. The smallest absolute Gasteiger partial charge is 0.435 e. The number of benzene rings is 1. The topological polar surface area (TPSA) is 27.7 Å². The Bertz CT molecular complexity index is 1040. The maximum absolute atomic E-state index is 13.1. The van der Waals surface area contributed by atoms with E-state index in [0.29, 0.717) is 24.7 Å². The second-order valence-electron chi connectivity index (χ2n) is 11.9. The average molecular weight is 623 g/mol. The maximum atomic E-state index is 13.1. The normalized spacial score (nSPS) is 30.5. The molecule has 0 spiro atoms. The zero-order valence-corrected chi connectivity index (χ0v) is 23.7. The molecule has 3 aliphatic rings. The number of aryl methyl sites for hydroxylation is 1. The number of alkyl halides is 9. The van der Waals surface area contributed by atoms with Crippen molar-refractivity contribution in [2.75, 3.05) is 25.6 Å². The summed E-state index contributed by atoms with van der Waals surface area (Å²) in [6, 6.07) is 6.22. The van der Waals surface area contributed by atoms with Crippen LogP contribution in [0.4, 0.5) is 39.5 Å². The van der Waals surface area contributed by atoms with Gasteiger partial charge in [0, 0.05) is 12.4 Å². The fourth-order valence-electron chi connectivity index (χ4n) is 7.81. The van der Waals surface area contributed by atoms with Crippen molar-refractivity contribution in [1.29, 1.82) is 0 Å². The molecule has 2 fully saturated rings. The van der Waals surface area contributed by atoms with E-state index in [0.717, 1.165) is 37.9 Å². The van der Waals surface area contributed by atoms with Crippen LogP contribution in [0.2, 0.25) is 0 Å². The third-order valence-electron chi connectivity index (χ3n) is 9.72. The lowest BCUT2D eigenvalue weighted by Crippen LogP contribution is -2.67. The second kappa shape index (κ2) is 11.3. The van der Waals surface area contributed by atoms with Crippen LogP contribution in [-0.4, -0.2) is 55.8 Å². The molecule has 234 valence electrons. The lowest BCUT2D eigenvalue weighted by molar-refractivity contribution is -0.457. The lowest BCUT2D eigenvalue weighted by Gasteiger charge is -2.57. The molecular weight excluding hydrogens is 587 g/mol. The van der Waals surface area contributed by atoms with Crippen LogP contribution in [0.1, 0.15) is 69.4 Å². The Morgan fingerprint density at radius 2 is 1.49 bits per heavy atom. The number of halogens is 9. The molecule has 5 atom stereocenters. The van der Waals surface area contributed by atoms with Gasteiger partial charge >= 0.3 is 24.1 Å². The number of rotatable bonds is 9. The number of ether oxygens (including phenoxy) is 3. The molecule has 0 aliphatic heterocycles. The van der Waals surface area contributed by atoms with Gasteiger partial charge in [-0.1, -0.05) is 19.9 Å². The zero-order valence-electron chi connectivity index (χ0n) is 22.8. The van der Waals surface area contributed by atoms with Gasteiger partial charge in [-0.15, -0.1) is 0 Å². The molecular formula is C28H35F9O3S. The Labute approximate surface area is 238 Å². The highest BCUT2D eigenvalue weighted by Crippen LogP contribution is 2.67. The fraction of sp³-hybridized carbons (Fsp3) is 0.786. The molecule has 0 saturated heterocycles. The van der Waals surface area contributed by atoms with Crippen molar-refractivity contribution < 1.29 is 53.7 Å². The molecule has 1 aromatic rings. The van der Waals surface area contributed by atoms with Crippen molar-refractivity contribution >= 4 is 12.6 Å². The third-order valence-corrected chi connectivity index (χ3v) is 9.90. The predicted octanol–water partition coefficient (Wildman–Crippen LogP) is 8.46. The molecule has 4 rings (SSSR count). The Hall–Kier alpha value is -1.34. The van der Waals surface area contributed by atoms with Crippen LogP contribution < -0.4 is 4.74 Å². The highest BCUT2D eigenvalue weighted by Gasteiger charge is 2.85. The van der Waals surface area contributed by atoms with Crippen molar-refractivity contribution in [3.8, 4) is 5.75 Å². The van der Waals surface area contributed by atoms with E-state index in [9.17, 15) is 39.5 Å². The quantitative estimate of drug-likeness (QED) is 0.170. The first-order valence-corrected chi connectivity index (χ1v) is 14.4. The van der Waals surface area contributed by atoms with E-state index in [1.54, 1.807) is 0 Å². The van der Waals surface area contributed by atoms with Crippen molar-refractivity contribution in [3.63, 3.8) is 0 Å². The largest absolute Gasteiger partial charge is 0.493 e. The lowest BCUT2D eigenvalue weighted by atomic mass is 9.48. The van der Waals surface area contributed by atoms with Gasteiger partial charge in [0.25, 0.3) is 0 Å². The monoisotopic (exact) mass is 622 g/mol. The molecule has 0 aromatic heterocycles. The van der Waals surface area contributed by atoms with Gasteiger partial charge in [-0.3, -0.25) is 0 Å². The molecule has 2 saturated carbocycles. The maximum Gasteiger partial charge on any atom is 0.435 e. The molecule has 0 unspecified atom stereocenters. The molecule has 0 amide bonds. The molecule has 0 radical (unpaired) electrons. The SMILES string of the molecule is C[C@]12CC[C@@H]3c4ccc(OCCS)cc4CC[C@@]3(C)[C@@H]1CC[C@@H]2OCCCOC(C(F)(F)F)(C(F)(F)F)C(F)(F)F. The highest BCUT2D eigenvalue weighted by molar-refractivity contribution is 7.80. The van der Waals surface area contributed by atoms with Gasteiger partial charge < -0.3 is 14.2 Å². The van der Waals surface area contributed by atoms with Crippen molar-refractivity contribution in [2.45, 2.75) is 94.9 Å². The van der Waals surface area contributed by atoms with Crippen molar-refractivity contribution in [3.05, 3.63) is 29.3 Å². The van der Waals surface area contributed by atoms with Crippen LogP contribution in [0.15, 0.2) is 18.2 Å². The van der Waals surface area contributed by atoms with E-state index in [4.69, 9.17) is 9.47 Å². The first-order valence-electron chi connectivity index (χ1n) is 13.7. The van der Waals surface area contributed by atoms with Crippen molar-refractivity contribution in [1.82, 2.24) is 0 Å². The summed E-state index contributed by atoms with van der Waals surface area (Å²) in [6.07, 6.45) is -16.0. The molecule has 1 aromatic carbocycles. The minimum atomic E-state index is -6.73. The molecule has 3 aliphatic carbocycles. The summed E-state index contributed by atoms with van der Waals surface area (Å²) in [6.45, 7) is 3.19. The van der Waals surface area contributed by atoms with Gasteiger partial charge in [0.15, 0.2) is 0 Å². The zero-order chi connectivity index (χ0) is 30.5. The Kier molecular flexibility index (Phi) is 8.98. The van der Waals surface area contributed by atoms with Crippen molar-refractivity contribution in [2.24, 2.45) is 16.7 Å². The minimum absolute atomic E-state index is 0.0274. The van der Waals surface area contributed by atoms with E-state index >= 15 is 0 Å². The first kappa shape index (κ1) is 32.6. The first-order chi connectivity index (χ1) is 18.9. The summed E-state index contributed by atoms with van der Waals surface area (Å²) in [5.41, 5.74) is -3.97. The van der Waals surface area contributed by atoms with Gasteiger partial charge in [0.05, 0.1) is 19.3 Å². The summed E-state index contributed by atoms with van der Waals surface area (Å²) < 4.78 is 133. The summed E-state index contributed by atoms with van der Waals surface area (Å²) in [5, 5.41) is 0. The van der Waals surface area contributed by atoms with Gasteiger partial charge in [0.2, 0.25) is 0 Å². The van der Waals surface area contributed by atoms with Crippen LogP contribution in [0.5, 0.6) is 5.75 Å². The molecule has 0 bridgehead atoms. The second-order valence-corrected chi connectivity index (χ2v) is 12.3. The van der Waals surface area contributed by atoms with Gasteiger partial charge in [0.1, 0.15) is 5.75 Å². The van der Waals surface area contributed by atoms with Crippen LogP contribution in [0, 0.1) is 16.7 Å². The van der Waals surface area contributed by atoms with Crippen LogP contribution in [0.25, 0.3) is 0 Å². The van der Waals surface area contributed by atoms with Crippen LogP contribution in [0.3, 0.4) is 0 Å². The molecule has 41 heavy (non-hydrogen) atoms. The molecule has 3 nitrogen and oxygen atoms in total. The van der Waals surface area contributed by atoms with Crippen LogP contribution in [-0.2, 0) is 15.9 Å².